The zero-order valence-corrected chi connectivity index (χ0v) is 10.7. The number of hydrogen-bond donors (Lipinski definition) is 1. The predicted molar refractivity (Wildman–Crippen MR) is 67.2 cm³/mol. The summed E-state index contributed by atoms with van der Waals surface area (Å²) in [6, 6.07) is 8.69. The molecule has 1 N–H and O–H groups in total. The van der Waals surface area contributed by atoms with E-state index in [1.165, 1.54) is 12.5 Å². The third-order valence-electron chi connectivity index (χ3n) is 2.19. The minimum atomic E-state index is -1.10. The van der Waals surface area contributed by atoms with Crippen LogP contribution in [0, 0.1) is 0 Å². The fourth-order valence-corrected chi connectivity index (χ4v) is 1.70. The molecule has 18 heavy (non-hydrogen) atoms. The van der Waals surface area contributed by atoms with Crippen molar-refractivity contribution in [3.63, 3.8) is 0 Å². The van der Waals surface area contributed by atoms with Crippen LogP contribution in [0.3, 0.4) is 0 Å². The first-order valence-corrected chi connectivity index (χ1v) is 5.87. The van der Waals surface area contributed by atoms with Crippen molar-refractivity contribution in [3.8, 4) is 5.88 Å². The number of benzene rings is 1. The minimum Gasteiger partial charge on any atom is -0.478 e. The van der Waals surface area contributed by atoms with E-state index in [0.717, 1.165) is 0 Å². The van der Waals surface area contributed by atoms with Gasteiger partial charge in [-0.05, 0) is 15.9 Å². The summed E-state index contributed by atoms with van der Waals surface area (Å²) in [6.07, 6.45) is 1.69. The van der Waals surface area contributed by atoms with E-state index in [2.05, 4.69) is 25.9 Å². The highest BCUT2D eigenvalue weighted by atomic mass is 79.9. The van der Waals surface area contributed by atoms with Gasteiger partial charge in [0.15, 0.2) is 0 Å². The van der Waals surface area contributed by atoms with Crippen LogP contribution in [-0.2, 0) is 4.79 Å². The van der Waals surface area contributed by atoms with Gasteiger partial charge >= 0.3 is 5.97 Å². The molecule has 0 radical (unpaired) electrons. The number of aliphatic carboxylic acids is 1. The summed E-state index contributed by atoms with van der Waals surface area (Å²) in [5.41, 5.74) is 0.551. The van der Waals surface area contributed by atoms with Crippen LogP contribution < -0.4 is 4.74 Å². The molecule has 5 nitrogen and oxygen atoms in total. The molecule has 0 aliphatic carbocycles. The molecule has 2 aromatic rings. The lowest BCUT2D eigenvalue weighted by atomic mass is 10.1. The zero-order chi connectivity index (χ0) is 13.0. The van der Waals surface area contributed by atoms with E-state index >= 15 is 0 Å². The van der Waals surface area contributed by atoms with Crippen molar-refractivity contribution in [1.82, 2.24) is 9.97 Å². The smallest absolute Gasteiger partial charge is 0.349 e. The molecule has 0 aliphatic heterocycles. The maximum Gasteiger partial charge on any atom is 0.349 e. The second kappa shape index (κ2) is 5.59. The highest BCUT2D eigenvalue weighted by Crippen LogP contribution is 2.26. The van der Waals surface area contributed by atoms with Gasteiger partial charge in [-0.3, -0.25) is 0 Å². The molecule has 92 valence electrons. The molecular weight excluding hydrogens is 300 g/mol. The summed E-state index contributed by atoms with van der Waals surface area (Å²) >= 11 is 3.20. The third-order valence-corrected chi connectivity index (χ3v) is 2.73. The van der Waals surface area contributed by atoms with Gasteiger partial charge in [0.25, 0.3) is 0 Å². The Balaban J connectivity index is 2.28. The molecule has 1 heterocycles. The van der Waals surface area contributed by atoms with Crippen molar-refractivity contribution in [3.05, 3.63) is 52.9 Å². The number of nitrogens with zero attached hydrogens (tertiary/aromatic N) is 2. The number of hydrogen-bond acceptors (Lipinski definition) is 4. The van der Waals surface area contributed by atoms with E-state index < -0.39 is 12.1 Å². The summed E-state index contributed by atoms with van der Waals surface area (Å²) in [5, 5.41) is 9.20. The second-order valence-corrected chi connectivity index (χ2v) is 4.28. The van der Waals surface area contributed by atoms with Crippen LogP contribution in [0.1, 0.15) is 11.7 Å². The summed E-state index contributed by atoms with van der Waals surface area (Å²) < 4.78 is 5.90. The van der Waals surface area contributed by atoms with Crippen molar-refractivity contribution in [2.45, 2.75) is 6.10 Å². The Bertz CT molecular complexity index is 548. The molecule has 1 atom stereocenters. The van der Waals surface area contributed by atoms with Crippen LogP contribution in [0.2, 0.25) is 0 Å². The summed E-state index contributed by atoms with van der Waals surface area (Å²) in [4.78, 5) is 18.9. The van der Waals surface area contributed by atoms with Crippen molar-refractivity contribution in [2.75, 3.05) is 0 Å². The highest BCUT2D eigenvalue weighted by molar-refractivity contribution is 9.10. The number of carbonyl (C=O) groups is 1. The standard InChI is InChI=1S/C12H9BrN2O3/c13-9-6-14-7-15-11(9)18-10(12(16)17)8-4-2-1-3-5-8/h1-7,10H,(H,16,17). The molecule has 0 aliphatic rings. The summed E-state index contributed by atoms with van der Waals surface area (Å²) in [5.74, 6) is -0.882. The van der Waals surface area contributed by atoms with E-state index in [4.69, 9.17) is 4.74 Å². The van der Waals surface area contributed by atoms with E-state index in [0.29, 0.717) is 10.0 Å². The van der Waals surface area contributed by atoms with Gasteiger partial charge < -0.3 is 9.84 Å². The molecule has 0 spiro atoms. The maximum absolute atomic E-state index is 11.2. The Labute approximate surface area is 112 Å². The largest absolute Gasteiger partial charge is 0.478 e. The Morgan fingerprint density at radius 3 is 2.67 bits per heavy atom. The molecule has 0 fully saturated rings. The Morgan fingerprint density at radius 1 is 1.33 bits per heavy atom. The Kier molecular flexibility index (Phi) is 3.88. The molecule has 0 bridgehead atoms. The van der Waals surface area contributed by atoms with Gasteiger partial charge in [0.2, 0.25) is 12.0 Å². The van der Waals surface area contributed by atoms with Gasteiger partial charge in [-0.25, -0.2) is 14.8 Å². The number of rotatable bonds is 4. The Hall–Kier alpha value is -1.95. The van der Waals surface area contributed by atoms with Crippen LogP contribution >= 0.6 is 15.9 Å². The number of aromatic nitrogens is 2. The van der Waals surface area contributed by atoms with Gasteiger partial charge in [-0.2, -0.15) is 0 Å². The second-order valence-electron chi connectivity index (χ2n) is 3.42. The molecule has 6 heteroatoms. The molecule has 2 rings (SSSR count). The van der Waals surface area contributed by atoms with Crippen LogP contribution in [0.4, 0.5) is 0 Å². The topological polar surface area (TPSA) is 72.3 Å². The quantitative estimate of drug-likeness (QED) is 0.939. The van der Waals surface area contributed by atoms with E-state index in [-0.39, 0.29) is 5.88 Å². The van der Waals surface area contributed by atoms with Gasteiger partial charge in [0.1, 0.15) is 6.33 Å². The Morgan fingerprint density at radius 2 is 2.06 bits per heavy atom. The van der Waals surface area contributed by atoms with Gasteiger partial charge in [-0.15, -0.1) is 0 Å². The first-order valence-electron chi connectivity index (χ1n) is 5.08. The molecule has 1 aromatic carbocycles. The van der Waals surface area contributed by atoms with Crippen LogP contribution in [0.5, 0.6) is 5.88 Å². The maximum atomic E-state index is 11.2. The monoisotopic (exact) mass is 308 g/mol. The number of ether oxygens (including phenoxy) is 1. The average Bonchev–Trinajstić information content (AvgIpc) is 2.38. The lowest BCUT2D eigenvalue weighted by Gasteiger charge is -2.15. The summed E-state index contributed by atoms with van der Waals surface area (Å²) in [6.45, 7) is 0. The van der Waals surface area contributed by atoms with E-state index in [9.17, 15) is 9.90 Å². The van der Waals surface area contributed by atoms with Gasteiger partial charge in [0.05, 0.1) is 4.47 Å². The van der Waals surface area contributed by atoms with Crippen LogP contribution in [0.15, 0.2) is 47.3 Å². The molecule has 0 saturated carbocycles. The van der Waals surface area contributed by atoms with Crippen LogP contribution in [-0.4, -0.2) is 21.0 Å². The molecule has 1 unspecified atom stereocenters. The molecule has 0 saturated heterocycles. The van der Waals surface area contributed by atoms with Crippen molar-refractivity contribution in [2.24, 2.45) is 0 Å². The van der Waals surface area contributed by atoms with Crippen molar-refractivity contribution >= 4 is 21.9 Å². The number of halogens is 1. The van der Waals surface area contributed by atoms with Crippen molar-refractivity contribution in [1.29, 1.82) is 0 Å². The predicted octanol–water partition coefficient (Wildman–Crippen LogP) is 2.44. The SMILES string of the molecule is O=C(O)C(Oc1ncncc1Br)c1ccccc1. The average molecular weight is 309 g/mol. The zero-order valence-electron chi connectivity index (χ0n) is 9.15. The van der Waals surface area contributed by atoms with Crippen molar-refractivity contribution < 1.29 is 14.6 Å². The highest BCUT2D eigenvalue weighted by Gasteiger charge is 2.23. The van der Waals surface area contributed by atoms with Gasteiger partial charge in [0, 0.05) is 11.8 Å². The summed E-state index contributed by atoms with van der Waals surface area (Å²) in [7, 11) is 0. The van der Waals surface area contributed by atoms with E-state index in [1.807, 2.05) is 6.07 Å². The minimum absolute atomic E-state index is 0.196. The fraction of sp³-hybridized carbons (Fsp3) is 0.0833. The lowest BCUT2D eigenvalue weighted by molar-refractivity contribution is -0.145. The fourth-order valence-electron chi connectivity index (χ4n) is 1.39. The first-order chi connectivity index (χ1) is 8.68. The number of carboxylic acid groups (broad SMARTS) is 1. The number of carboxylic acids is 1. The molecule has 1 aromatic heterocycles. The third kappa shape index (κ3) is 2.84. The first kappa shape index (κ1) is 12.5. The van der Waals surface area contributed by atoms with Crippen LogP contribution in [0.25, 0.3) is 0 Å². The normalized spacial score (nSPS) is 11.8. The molecule has 0 amide bonds. The van der Waals surface area contributed by atoms with Gasteiger partial charge in [-0.1, -0.05) is 30.3 Å². The van der Waals surface area contributed by atoms with E-state index in [1.54, 1.807) is 24.3 Å². The lowest BCUT2D eigenvalue weighted by Crippen LogP contribution is -2.18. The molecular formula is C12H9BrN2O3.